The molecular formula is C17H23F2N3OS. The molecule has 2 aliphatic heterocycles. The van der Waals surface area contributed by atoms with Gasteiger partial charge in [0.05, 0.1) is 0 Å². The number of rotatable bonds is 3. The van der Waals surface area contributed by atoms with Gasteiger partial charge in [0.25, 0.3) is 0 Å². The zero-order chi connectivity index (χ0) is 16.9. The van der Waals surface area contributed by atoms with Gasteiger partial charge in [-0.25, -0.2) is 13.6 Å². The Morgan fingerprint density at radius 3 is 2.50 bits per heavy atom. The maximum Gasteiger partial charge on any atom is 0.317 e. The molecular weight excluding hydrogens is 332 g/mol. The predicted molar refractivity (Wildman–Crippen MR) is 92.1 cm³/mol. The van der Waals surface area contributed by atoms with Crippen LogP contribution in [0.2, 0.25) is 0 Å². The molecule has 0 unspecified atom stereocenters. The molecule has 2 amide bonds. The zero-order valence-corrected chi connectivity index (χ0v) is 14.5. The number of hydrogen-bond donors (Lipinski definition) is 1. The number of likely N-dealkylation sites (tertiary alicyclic amines) is 1. The summed E-state index contributed by atoms with van der Waals surface area (Å²) in [6.45, 7) is 3.96. The zero-order valence-electron chi connectivity index (χ0n) is 13.6. The molecule has 0 saturated carbocycles. The van der Waals surface area contributed by atoms with Crippen LogP contribution < -0.4 is 5.32 Å². The van der Waals surface area contributed by atoms with E-state index >= 15 is 0 Å². The number of piperidine rings is 1. The number of nitrogens with zero attached hydrogens (tertiary/aromatic N) is 2. The summed E-state index contributed by atoms with van der Waals surface area (Å²) in [6.07, 6.45) is 1.77. The molecule has 3 rings (SSSR count). The summed E-state index contributed by atoms with van der Waals surface area (Å²) in [5.74, 6) is 0.422. The lowest BCUT2D eigenvalue weighted by Crippen LogP contribution is -2.50. The van der Waals surface area contributed by atoms with Crippen molar-refractivity contribution in [2.24, 2.45) is 0 Å². The molecule has 132 valence electrons. The van der Waals surface area contributed by atoms with Gasteiger partial charge in [-0.05, 0) is 30.5 Å². The van der Waals surface area contributed by atoms with Gasteiger partial charge in [0.15, 0.2) is 11.6 Å². The third kappa shape index (κ3) is 4.60. The molecule has 0 atom stereocenters. The number of thioether (sulfide) groups is 1. The highest BCUT2D eigenvalue weighted by atomic mass is 32.2. The smallest absolute Gasteiger partial charge is 0.317 e. The molecule has 1 aromatic rings. The molecule has 0 aromatic heterocycles. The van der Waals surface area contributed by atoms with Gasteiger partial charge in [-0.2, -0.15) is 11.8 Å². The number of halogens is 2. The Labute approximate surface area is 145 Å². The van der Waals surface area contributed by atoms with E-state index in [1.807, 2.05) is 16.7 Å². The highest BCUT2D eigenvalue weighted by Gasteiger charge is 2.24. The molecule has 2 fully saturated rings. The highest BCUT2D eigenvalue weighted by Crippen LogP contribution is 2.16. The van der Waals surface area contributed by atoms with E-state index in [2.05, 4.69) is 10.2 Å². The average molecular weight is 355 g/mol. The van der Waals surface area contributed by atoms with Crippen LogP contribution in [0.25, 0.3) is 0 Å². The summed E-state index contributed by atoms with van der Waals surface area (Å²) in [7, 11) is 0. The normalized spacial score (nSPS) is 20.2. The van der Waals surface area contributed by atoms with Gasteiger partial charge in [0.1, 0.15) is 0 Å². The van der Waals surface area contributed by atoms with Crippen molar-refractivity contribution in [1.29, 1.82) is 0 Å². The van der Waals surface area contributed by atoms with Gasteiger partial charge < -0.3 is 10.2 Å². The fourth-order valence-electron chi connectivity index (χ4n) is 3.16. The minimum Gasteiger partial charge on any atom is -0.335 e. The van der Waals surface area contributed by atoms with E-state index in [1.165, 1.54) is 12.1 Å². The summed E-state index contributed by atoms with van der Waals surface area (Å²) >= 11 is 1.89. The molecule has 1 N–H and O–H groups in total. The maximum atomic E-state index is 13.3. The lowest BCUT2D eigenvalue weighted by molar-refractivity contribution is 0.171. The summed E-state index contributed by atoms with van der Waals surface area (Å²) < 4.78 is 26.2. The maximum absolute atomic E-state index is 13.3. The van der Waals surface area contributed by atoms with E-state index in [9.17, 15) is 13.6 Å². The first-order chi connectivity index (χ1) is 11.6. The predicted octanol–water partition coefficient (Wildman–Crippen LogP) is 2.69. The van der Waals surface area contributed by atoms with Gasteiger partial charge in [-0.1, -0.05) is 6.07 Å². The van der Waals surface area contributed by atoms with Crippen molar-refractivity contribution in [2.75, 3.05) is 37.7 Å². The van der Waals surface area contributed by atoms with Crippen LogP contribution in [0.5, 0.6) is 0 Å². The number of nitrogens with one attached hydrogen (secondary N) is 1. The number of carbonyl (C=O) groups excluding carboxylic acids is 1. The monoisotopic (exact) mass is 355 g/mol. The van der Waals surface area contributed by atoms with Crippen LogP contribution in [0.3, 0.4) is 0 Å². The minimum atomic E-state index is -0.809. The standard InChI is InChI=1S/C17H23F2N3OS/c18-15-2-1-13(11-16(15)19)12-21-5-3-14(4-6-21)20-17(23)22-7-9-24-10-8-22/h1-2,11,14H,3-10,12H2,(H,20,23). The summed E-state index contributed by atoms with van der Waals surface area (Å²) in [5.41, 5.74) is 0.780. The van der Waals surface area contributed by atoms with Crippen molar-refractivity contribution in [2.45, 2.75) is 25.4 Å². The number of carbonyl (C=O) groups is 1. The Balaban J connectivity index is 1.43. The molecule has 2 heterocycles. The Hall–Kier alpha value is -1.34. The molecule has 1 aromatic carbocycles. The molecule has 2 saturated heterocycles. The van der Waals surface area contributed by atoms with Crippen LogP contribution in [0.15, 0.2) is 18.2 Å². The van der Waals surface area contributed by atoms with Crippen LogP contribution in [-0.2, 0) is 6.54 Å². The summed E-state index contributed by atoms with van der Waals surface area (Å²) in [5, 5.41) is 3.13. The SMILES string of the molecule is O=C(NC1CCN(Cc2ccc(F)c(F)c2)CC1)N1CCSCC1. The molecule has 24 heavy (non-hydrogen) atoms. The fraction of sp³-hybridized carbons (Fsp3) is 0.588. The Bertz CT molecular complexity index is 573. The number of benzene rings is 1. The largest absolute Gasteiger partial charge is 0.335 e. The molecule has 2 aliphatic rings. The van der Waals surface area contributed by atoms with Crippen molar-refractivity contribution < 1.29 is 13.6 Å². The summed E-state index contributed by atoms with van der Waals surface area (Å²) in [4.78, 5) is 16.3. The Morgan fingerprint density at radius 1 is 1.12 bits per heavy atom. The first-order valence-electron chi connectivity index (χ1n) is 8.41. The van der Waals surface area contributed by atoms with Gasteiger partial charge in [0, 0.05) is 50.3 Å². The molecule has 0 bridgehead atoms. The van der Waals surface area contributed by atoms with Crippen molar-refractivity contribution in [3.8, 4) is 0 Å². The van der Waals surface area contributed by atoms with Crippen molar-refractivity contribution in [3.63, 3.8) is 0 Å². The third-order valence-electron chi connectivity index (χ3n) is 4.60. The van der Waals surface area contributed by atoms with Gasteiger partial charge >= 0.3 is 6.03 Å². The highest BCUT2D eigenvalue weighted by molar-refractivity contribution is 7.99. The Kier molecular flexibility index (Phi) is 5.94. The van der Waals surface area contributed by atoms with Crippen LogP contribution in [0.4, 0.5) is 13.6 Å². The first kappa shape index (κ1) is 17.5. The number of hydrogen-bond acceptors (Lipinski definition) is 3. The van der Waals surface area contributed by atoms with Gasteiger partial charge in [-0.15, -0.1) is 0 Å². The molecule has 0 spiro atoms. The second-order valence-corrected chi connectivity index (χ2v) is 7.57. The number of urea groups is 1. The minimum absolute atomic E-state index is 0.0503. The lowest BCUT2D eigenvalue weighted by Gasteiger charge is -2.34. The van der Waals surface area contributed by atoms with E-state index in [-0.39, 0.29) is 12.1 Å². The van der Waals surface area contributed by atoms with Gasteiger partial charge in [-0.3, -0.25) is 4.90 Å². The van der Waals surface area contributed by atoms with Crippen LogP contribution in [0, 0.1) is 11.6 Å². The first-order valence-corrected chi connectivity index (χ1v) is 9.57. The fourth-order valence-corrected chi connectivity index (χ4v) is 4.07. The third-order valence-corrected chi connectivity index (χ3v) is 5.55. The van der Waals surface area contributed by atoms with E-state index in [4.69, 9.17) is 0 Å². The molecule has 7 heteroatoms. The van der Waals surface area contributed by atoms with Crippen LogP contribution in [0.1, 0.15) is 18.4 Å². The quantitative estimate of drug-likeness (QED) is 0.906. The van der Waals surface area contributed by atoms with Crippen LogP contribution in [-0.4, -0.2) is 59.6 Å². The second-order valence-electron chi connectivity index (χ2n) is 6.35. The average Bonchev–Trinajstić information content (AvgIpc) is 2.61. The van der Waals surface area contributed by atoms with E-state index in [0.717, 1.165) is 56.1 Å². The second kappa shape index (κ2) is 8.16. The Morgan fingerprint density at radius 2 is 1.83 bits per heavy atom. The number of amides is 2. The van der Waals surface area contributed by atoms with Gasteiger partial charge in [0.2, 0.25) is 0 Å². The molecule has 4 nitrogen and oxygen atoms in total. The van der Waals surface area contributed by atoms with Crippen molar-refractivity contribution in [3.05, 3.63) is 35.4 Å². The molecule has 0 aliphatic carbocycles. The topological polar surface area (TPSA) is 35.6 Å². The van der Waals surface area contributed by atoms with Crippen molar-refractivity contribution in [1.82, 2.24) is 15.1 Å². The van der Waals surface area contributed by atoms with E-state index < -0.39 is 11.6 Å². The van der Waals surface area contributed by atoms with E-state index in [0.29, 0.717) is 6.54 Å². The lowest BCUT2D eigenvalue weighted by atomic mass is 10.0. The van der Waals surface area contributed by atoms with Crippen molar-refractivity contribution >= 4 is 17.8 Å². The molecule has 0 radical (unpaired) electrons. The van der Waals surface area contributed by atoms with E-state index in [1.54, 1.807) is 6.07 Å². The summed E-state index contributed by atoms with van der Waals surface area (Å²) in [6, 6.07) is 4.31. The van der Waals surface area contributed by atoms with Crippen LogP contribution >= 0.6 is 11.8 Å².